The Kier molecular flexibility index (Phi) is 5.05. The lowest BCUT2D eigenvalue weighted by Crippen LogP contribution is -2.14. The molecule has 3 heterocycles. The van der Waals surface area contributed by atoms with Gasteiger partial charge >= 0.3 is 5.97 Å². The molecule has 31 heavy (non-hydrogen) atoms. The number of ether oxygens (including phenoxy) is 3. The molecule has 0 amide bonds. The van der Waals surface area contributed by atoms with E-state index < -0.39 is 5.97 Å². The average molecular weight is 437 g/mol. The zero-order chi connectivity index (χ0) is 21.4. The highest BCUT2D eigenvalue weighted by Gasteiger charge is 2.22. The van der Waals surface area contributed by atoms with Crippen LogP contribution in [-0.4, -0.2) is 22.9 Å². The SMILES string of the molecule is Cc1noc2nc(-c3ccccc3)cc(C(=O)OCc3cc(Cl)cc4c3OCOC4)c12. The molecule has 0 unspecified atom stereocenters. The number of benzene rings is 2. The van der Waals surface area contributed by atoms with Crippen LogP contribution in [0.5, 0.6) is 5.75 Å². The number of pyridine rings is 1. The first kappa shape index (κ1) is 19.5. The fourth-order valence-electron chi connectivity index (χ4n) is 3.60. The summed E-state index contributed by atoms with van der Waals surface area (Å²) in [5.74, 6) is 0.117. The Bertz CT molecular complexity index is 1290. The van der Waals surface area contributed by atoms with Gasteiger partial charge in [-0.25, -0.2) is 9.78 Å². The zero-order valence-corrected chi connectivity index (χ0v) is 17.3. The number of aryl methyl sites for hydroxylation is 1. The van der Waals surface area contributed by atoms with Crippen LogP contribution in [0.3, 0.4) is 0 Å². The van der Waals surface area contributed by atoms with Gasteiger partial charge in [-0.05, 0) is 25.1 Å². The Morgan fingerprint density at radius 2 is 2.03 bits per heavy atom. The maximum atomic E-state index is 13.1. The molecule has 2 aromatic carbocycles. The quantitative estimate of drug-likeness (QED) is 0.412. The fraction of sp³-hybridized carbons (Fsp3) is 0.174. The summed E-state index contributed by atoms with van der Waals surface area (Å²) >= 11 is 6.21. The molecule has 0 fully saturated rings. The Hall–Kier alpha value is -3.42. The second-order valence-corrected chi connectivity index (χ2v) is 7.55. The van der Waals surface area contributed by atoms with Crippen LogP contribution < -0.4 is 4.74 Å². The van der Waals surface area contributed by atoms with Crippen molar-refractivity contribution in [2.75, 3.05) is 6.79 Å². The number of aromatic nitrogens is 2. The topological polar surface area (TPSA) is 83.7 Å². The molecule has 8 heteroatoms. The van der Waals surface area contributed by atoms with E-state index in [0.29, 0.717) is 45.3 Å². The maximum absolute atomic E-state index is 13.1. The number of carbonyl (C=O) groups is 1. The van der Waals surface area contributed by atoms with Crippen molar-refractivity contribution >= 4 is 28.7 Å². The van der Waals surface area contributed by atoms with Crippen LogP contribution in [0.4, 0.5) is 0 Å². The van der Waals surface area contributed by atoms with E-state index in [-0.39, 0.29) is 19.1 Å². The molecule has 4 aromatic rings. The van der Waals surface area contributed by atoms with Gasteiger partial charge in [-0.15, -0.1) is 0 Å². The summed E-state index contributed by atoms with van der Waals surface area (Å²) in [6.45, 7) is 2.28. The number of halogens is 1. The lowest BCUT2D eigenvalue weighted by atomic mass is 10.1. The van der Waals surface area contributed by atoms with Gasteiger partial charge in [0, 0.05) is 21.7 Å². The Labute approximate surface area is 182 Å². The van der Waals surface area contributed by atoms with Crippen LogP contribution in [0, 0.1) is 6.92 Å². The minimum atomic E-state index is -0.517. The molecule has 0 saturated carbocycles. The van der Waals surface area contributed by atoms with Gasteiger partial charge in [0.25, 0.3) is 5.71 Å². The van der Waals surface area contributed by atoms with Crippen LogP contribution in [0.15, 0.2) is 53.1 Å². The molecule has 0 spiro atoms. The molecular formula is C23H17ClN2O5. The van der Waals surface area contributed by atoms with Crippen LogP contribution in [0.1, 0.15) is 27.2 Å². The highest BCUT2D eigenvalue weighted by atomic mass is 35.5. The number of hydrogen-bond donors (Lipinski definition) is 0. The van der Waals surface area contributed by atoms with Crippen molar-refractivity contribution in [2.24, 2.45) is 0 Å². The molecule has 1 aliphatic heterocycles. The maximum Gasteiger partial charge on any atom is 0.339 e. The Balaban J connectivity index is 1.49. The normalized spacial score (nSPS) is 13.0. The van der Waals surface area contributed by atoms with E-state index in [1.165, 1.54) is 0 Å². The van der Waals surface area contributed by atoms with Crippen molar-refractivity contribution in [1.29, 1.82) is 0 Å². The molecule has 156 valence electrons. The van der Waals surface area contributed by atoms with E-state index in [9.17, 15) is 4.79 Å². The molecule has 7 nitrogen and oxygen atoms in total. The second-order valence-electron chi connectivity index (χ2n) is 7.11. The summed E-state index contributed by atoms with van der Waals surface area (Å²) in [5.41, 5.74) is 4.12. The molecule has 1 aliphatic rings. The number of hydrogen-bond acceptors (Lipinski definition) is 7. The lowest BCUT2D eigenvalue weighted by molar-refractivity contribution is -0.0180. The summed E-state index contributed by atoms with van der Waals surface area (Å²) in [6, 6.07) is 14.7. The number of fused-ring (bicyclic) bond motifs is 2. The van der Waals surface area contributed by atoms with Gasteiger partial charge < -0.3 is 18.7 Å². The first-order valence-electron chi connectivity index (χ1n) is 9.61. The molecule has 0 atom stereocenters. The monoisotopic (exact) mass is 436 g/mol. The summed E-state index contributed by atoms with van der Waals surface area (Å²) in [5, 5.41) is 5.01. The molecular weight excluding hydrogens is 420 g/mol. The van der Waals surface area contributed by atoms with Gasteiger partial charge in [0.15, 0.2) is 6.79 Å². The minimum absolute atomic E-state index is 0.00343. The second kappa shape index (κ2) is 8.02. The molecule has 5 rings (SSSR count). The molecule has 0 bridgehead atoms. The van der Waals surface area contributed by atoms with Gasteiger partial charge in [-0.2, -0.15) is 0 Å². The van der Waals surface area contributed by atoms with Gasteiger partial charge in [-0.1, -0.05) is 47.1 Å². The van der Waals surface area contributed by atoms with Crippen LogP contribution in [0.2, 0.25) is 5.02 Å². The van der Waals surface area contributed by atoms with Crippen LogP contribution >= 0.6 is 11.6 Å². The molecule has 0 N–H and O–H groups in total. The molecule has 0 radical (unpaired) electrons. The Morgan fingerprint density at radius 3 is 2.87 bits per heavy atom. The number of carbonyl (C=O) groups excluding carboxylic acids is 1. The number of nitrogens with zero attached hydrogens (tertiary/aromatic N) is 2. The van der Waals surface area contributed by atoms with E-state index in [2.05, 4.69) is 10.1 Å². The first-order valence-corrected chi connectivity index (χ1v) is 9.99. The molecule has 0 aliphatic carbocycles. The third-order valence-electron chi connectivity index (χ3n) is 5.02. The minimum Gasteiger partial charge on any atom is -0.467 e. The third kappa shape index (κ3) is 3.73. The van der Waals surface area contributed by atoms with Crippen molar-refractivity contribution in [3.8, 4) is 17.0 Å². The van der Waals surface area contributed by atoms with Crippen LogP contribution in [0.25, 0.3) is 22.4 Å². The van der Waals surface area contributed by atoms with Crippen LogP contribution in [-0.2, 0) is 22.7 Å². The predicted octanol–water partition coefficient (Wildman–Crippen LogP) is 5.08. The molecule has 2 aromatic heterocycles. The standard InChI is InChI=1S/C23H17ClN2O5/c1-13-20-18(9-19(25-22(20)31-26-13)14-5-3-2-4-6-14)23(27)29-11-16-8-17(24)7-15-10-28-12-30-21(15)16/h2-9H,10-12H2,1H3. The number of esters is 1. The van der Waals surface area contributed by atoms with Gasteiger partial charge in [-0.3, -0.25) is 0 Å². The first-order chi connectivity index (χ1) is 15.1. The summed E-state index contributed by atoms with van der Waals surface area (Å²) in [7, 11) is 0. The van der Waals surface area contributed by atoms with Gasteiger partial charge in [0.1, 0.15) is 12.4 Å². The van der Waals surface area contributed by atoms with E-state index in [0.717, 1.165) is 11.1 Å². The summed E-state index contributed by atoms with van der Waals surface area (Å²) in [6.07, 6.45) is 0. The van der Waals surface area contributed by atoms with Crippen molar-refractivity contribution in [3.05, 3.63) is 75.9 Å². The van der Waals surface area contributed by atoms with Gasteiger partial charge in [0.2, 0.25) is 0 Å². The van der Waals surface area contributed by atoms with E-state index in [1.54, 1.807) is 25.1 Å². The summed E-state index contributed by atoms with van der Waals surface area (Å²) in [4.78, 5) is 17.6. The van der Waals surface area contributed by atoms with Gasteiger partial charge in [0.05, 0.1) is 28.9 Å². The zero-order valence-electron chi connectivity index (χ0n) is 16.6. The lowest BCUT2D eigenvalue weighted by Gasteiger charge is -2.21. The average Bonchev–Trinajstić information content (AvgIpc) is 3.18. The smallest absolute Gasteiger partial charge is 0.339 e. The third-order valence-corrected chi connectivity index (χ3v) is 5.24. The van der Waals surface area contributed by atoms with E-state index in [1.807, 2.05) is 30.3 Å². The summed E-state index contributed by atoms with van der Waals surface area (Å²) < 4.78 is 21.9. The fourth-order valence-corrected chi connectivity index (χ4v) is 3.86. The van der Waals surface area contributed by atoms with Crippen molar-refractivity contribution < 1.29 is 23.5 Å². The van der Waals surface area contributed by atoms with E-state index in [4.69, 9.17) is 30.3 Å². The largest absolute Gasteiger partial charge is 0.467 e. The predicted molar refractivity (Wildman–Crippen MR) is 113 cm³/mol. The number of rotatable bonds is 4. The Morgan fingerprint density at radius 1 is 1.19 bits per heavy atom. The van der Waals surface area contributed by atoms with Crippen molar-refractivity contribution in [3.63, 3.8) is 0 Å². The van der Waals surface area contributed by atoms with Crippen molar-refractivity contribution in [2.45, 2.75) is 20.1 Å². The van der Waals surface area contributed by atoms with E-state index >= 15 is 0 Å². The molecule has 0 saturated heterocycles. The van der Waals surface area contributed by atoms with Crippen molar-refractivity contribution in [1.82, 2.24) is 10.1 Å². The highest BCUT2D eigenvalue weighted by molar-refractivity contribution is 6.30. The highest BCUT2D eigenvalue weighted by Crippen LogP contribution is 2.33.